The Balaban J connectivity index is 1.70. The molecule has 2 rings (SSSR count). The van der Waals surface area contributed by atoms with Gasteiger partial charge in [0.15, 0.2) is 6.61 Å². The molecule has 0 saturated carbocycles. The molecule has 5 heteroatoms. The Kier molecular flexibility index (Phi) is 8.28. The summed E-state index contributed by atoms with van der Waals surface area (Å²) in [4.78, 5) is 23.6. The molecule has 0 aliphatic carbocycles. The Bertz CT molecular complexity index is 810. The zero-order chi connectivity index (χ0) is 20.4. The van der Waals surface area contributed by atoms with Gasteiger partial charge in [-0.1, -0.05) is 56.3 Å². The topological polar surface area (TPSA) is 64.6 Å². The summed E-state index contributed by atoms with van der Waals surface area (Å²) >= 11 is 0. The molecule has 0 saturated heterocycles. The number of nitrogens with one attached hydrogen (secondary N) is 1. The van der Waals surface area contributed by atoms with Crippen molar-refractivity contribution in [1.29, 1.82) is 0 Å². The summed E-state index contributed by atoms with van der Waals surface area (Å²) in [6, 6.07) is 15.7. The predicted octanol–water partition coefficient (Wildman–Crippen LogP) is 3.73. The van der Waals surface area contributed by atoms with Crippen molar-refractivity contribution in [2.45, 2.75) is 26.2 Å². The first-order valence-corrected chi connectivity index (χ1v) is 9.33. The largest absolute Gasteiger partial charge is 0.496 e. The lowest BCUT2D eigenvalue weighted by atomic mass is 10.0. The first-order chi connectivity index (χ1) is 13.5. The van der Waals surface area contributed by atoms with E-state index in [9.17, 15) is 9.59 Å². The minimum atomic E-state index is -0.578. The van der Waals surface area contributed by atoms with Crippen molar-refractivity contribution in [3.05, 3.63) is 71.3 Å². The fraction of sp³-hybridized carbons (Fsp3) is 0.304. The van der Waals surface area contributed by atoms with Crippen LogP contribution in [0.3, 0.4) is 0 Å². The van der Waals surface area contributed by atoms with E-state index >= 15 is 0 Å². The third kappa shape index (κ3) is 6.91. The maximum absolute atomic E-state index is 11.8. The Morgan fingerprint density at radius 3 is 2.46 bits per heavy atom. The second kappa shape index (κ2) is 10.9. The van der Waals surface area contributed by atoms with Crippen LogP contribution in [0.2, 0.25) is 0 Å². The van der Waals surface area contributed by atoms with Crippen molar-refractivity contribution in [3.8, 4) is 5.75 Å². The summed E-state index contributed by atoms with van der Waals surface area (Å²) in [5.41, 5.74) is 3.21. The highest BCUT2D eigenvalue weighted by molar-refractivity contribution is 5.89. The van der Waals surface area contributed by atoms with Gasteiger partial charge in [0.2, 0.25) is 0 Å². The lowest BCUT2D eigenvalue weighted by Gasteiger charge is -2.08. The number of rotatable bonds is 9. The number of benzene rings is 2. The third-order valence-corrected chi connectivity index (χ3v) is 4.27. The molecule has 28 heavy (non-hydrogen) atoms. The molecule has 1 amide bonds. The summed E-state index contributed by atoms with van der Waals surface area (Å²) in [7, 11) is 1.56. The van der Waals surface area contributed by atoms with Crippen molar-refractivity contribution in [2.24, 2.45) is 0 Å². The average Bonchev–Trinajstić information content (AvgIpc) is 2.71. The number of carbonyl (C=O) groups excluding carboxylic acids is 2. The zero-order valence-corrected chi connectivity index (χ0v) is 16.6. The van der Waals surface area contributed by atoms with Gasteiger partial charge in [0.25, 0.3) is 5.91 Å². The second-order valence-corrected chi connectivity index (χ2v) is 6.68. The minimum Gasteiger partial charge on any atom is -0.496 e. The van der Waals surface area contributed by atoms with Gasteiger partial charge in [-0.3, -0.25) is 4.79 Å². The molecule has 0 radical (unpaired) electrons. The normalized spacial score (nSPS) is 10.9. The molecule has 0 fully saturated rings. The molecule has 0 bridgehead atoms. The second-order valence-electron chi connectivity index (χ2n) is 6.68. The van der Waals surface area contributed by atoms with Gasteiger partial charge in [-0.15, -0.1) is 0 Å². The molecule has 0 spiro atoms. The van der Waals surface area contributed by atoms with Crippen LogP contribution in [0.5, 0.6) is 5.75 Å². The summed E-state index contributed by atoms with van der Waals surface area (Å²) in [6.45, 7) is 4.50. The summed E-state index contributed by atoms with van der Waals surface area (Å²) in [5, 5.41) is 2.76. The molecular weight excluding hydrogens is 354 g/mol. The van der Waals surface area contributed by atoms with E-state index in [1.807, 2.05) is 18.2 Å². The number of hydrogen-bond acceptors (Lipinski definition) is 4. The molecule has 0 unspecified atom stereocenters. The Morgan fingerprint density at radius 1 is 1.07 bits per heavy atom. The van der Waals surface area contributed by atoms with E-state index in [2.05, 4.69) is 43.4 Å². The lowest BCUT2D eigenvalue weighted by Crippen LogP contribution is -2.30. The van der Waals surface area contributed by atoms with Crippen LogP contribution in [-0.2, 0) is 20.7 Å². The number of methoxy groups -OCH3 is 1. The summed E-state index contributed by atoms with van der Waals surface area (Å²) < 4.78 is 10.2. The van der Waals surface area contributed by atoms with E-state index in [0.29, 0.717) is 18.2 Å². The van der Waals surface area contributed by atoms with Crippen LogP contribution >= 0.6 is 0 Å². The third-order valence-electron chi connectivity index (χ3n) is 4.27. The average molecular weight is 381 g/mol. The SMILES string of the molecule is COc1ccccc1/C=C/C(=O)OCC(=O)NCCc1ccc(C(C)C)cc1. The van der Waals surface area contributed by atoms with Crippen LogP contribution in [0.1, 0.15) is 36.5 Å². The molecule has 5 nitrogen and oxygen atoms in total. The molecule has 0 aliphatic heterocycles. The van der Waals surface area contributed by atoms with Crippen molar-refractivity contribution < 1.29 is 19.1 Å². The minimum absolute atomic E-state index is 0.304. The van der Waals surface area contributed by atoms with Gasteiger partial charge < -0.3 is 14.8 Å². The van der Waals surface area contributed by atoms with Crippen LogP contribution in [0.15, 0.2) is 54.6 Å². The van der Waals surface area contributed by atoms with Crippen molar-refractivity contribution in [1.82, 2.24) is 5.32 Å². The molecule has 2 aromatic carbocycles. The van der Waals surface area contributed by atoms with Crippen LogP contribution in [0.4, 0.5) is 0 Å². The van der Waals surface area contributed by atoms with Gasteiger partial charge in [0.05, 0.1) is 7.11 Å². The maximum Gasteiger partial charge on any atom is 0.331 e. The summed E-state index contributed by atoms with van der Waals surface area (Å²) in [6.07, 6.45) is 3.60. The Labute approximate surface area is 166 Å². The molecule has 0 atom stereocenters. The van der Waals surface area contributed by atoms with Gasteiger partial charge >= 0.3 is 5.97 Å². The van der Waals surface area contributed by atoms with E-state index < -0.39 is 5.97 Å². The van der Waals surface area contributed by atoms with Crippen molar-refractivity contribution in [3.63, 3.8) is 0 Å². The van der Waals surface area contributed by atoms with Crippen LogP contribution in [0, 0.1) is 0 Å². The molecule has 2 aromatic rings. The number of para-hydroxylation sites is 1. The smallest absolute Gasteiger partial charge is 0.331 e. The van der Waals surface area contributed by atoms with Crippen LogP contribution in [0.25, 0.3) is 6.08 Å². The highest BCUT2D eigenvalue weighted by Crippen LogP contribution is 2.18. The predicted molar refractivity (Wildman–Crippen MR) is 110 cm³/mol. The monoisotopic (exact) mass is 381 g/mol. The van der Waals surface area contributed by atoms with E-state index in [4.69, 9.17) is 9.47 Å². The molecule has 1 N–H and O–H groups in total. The van der Waals surface area contributed by atoms with E-state index in [1.54, 1.807) is 19.3 Å². The first-order valence-electron chi connectivity index (χ1n) is 9.33. The van der Waals surface area contributed by atoms with Gasteiger partial charge in [-0.25, -0.2) is 4.79 Å². The highest BCUT2D eigenvalue weighted by Gasteiger charge is 2.06. The zero-order valence-electron chi connectivity index (χ0n) is 16.6. The van der Waals surface area contributed by atoms with Gasteiger partial charge in [0.1, 0.15) is 5.75 Å². The molecule has 0 heterocycles. The first kappa shape index (κ1) is 21.2. The standard InChI is InChI=1S/C23H27NO4/c1-17(2)19-10-8-18(9-11-19)14-15-24-22(25)16-28-23(26)13-12-20-6-4-5-7-21(20)27-3/h4-13,17H,14-16H2,1-3H3,(H,24,25)/b13-12+. The van der Waals surface area contributed by atoms with Crippen LogP contribution in [-0.4, -0.2) is 32.1 Å². The highest BCUT2D eigenvalue weighted by atomic mass is 16.5. The van der Waals surface area contributed by atoms with Gasteiger partial charge in [0, 0.05) is 18.2 Å². The lowest BCUT2D eigenvalue weighted by molar-refractivity contribution is -0.143. The number of esters is 1. The number of hydrogen-bond donors (Lipinski definition) is 1. The van der Waals surface area contributed by atoms with Crippen molar-refractivity contribution in [2.75, 3.05) is 20.3 Å². The van der Waals surface area contributed by atoms with Crippen LogP contribution < -0.4 is 10.1 Å². The van der Waals surface area contributed by atoms with E-state index in [0.717, 1.165) is 17.5 Å². The Hall–Kier alpha value is -3.08. The number of ether oxygens (including phenoxy) is 2. The molecular formula is C23H27NO4. The van der Waals surface area contributed by atoms with E-state index in [-0.39, 0.29) is 12.5 Å². The fourth-order valence-electron chi connectivity index (χ4n) is 2.61. The summed E-state index contributed by atoms with van der Waals surface area (Å²) in [5.74, 6) is 0.259. The maximum atomic E-state index is 11.8. The van der Waals surface area contributed by atoms with E-state index in [1.165, 1.54) is 11.6 Å². The molecule has 0 aromatic heterocycles. The molecule has 148 valence electrons. The van der Waals surface area contributed by atoms with Gasteiger partial charge in [-0.05, 0) is 35.6 Å². The quantitative estimate of drug-likeness (QED) is 0.531. The fourth-order valence-corrected chi connectivity index (χ4v) is 2.61. The van der Waals surface area contributed by atoms with Gasteiger partial charge in [-0.2, -0.15) is 0 Å². The Morgan fingerprint density at radius 2 is 1.79 bits per heavy atom. The van der Waals surface area contributed by atoms with Crippen molar-refractivity contribution >= 4 is 18.0 Å². The number of carbonyl (C=O) groups is 2. The molecule has 0 aliphatic rings. The number of amides is 1.